The molecule has 1 atom stereocenters. The SMILES string of the molecule is COc1ccccc1-c1nccc(COC2=CCCC=C2C[C@@H](Oc2ncnc3sc(-c4ccc(F)cc4)c(-c4ccc(OCCN5CCN(C)CC5)c(Cl)c4C)c23)C(=O)O)n1. The number of nitrogens with zero attached hydrogens (tertiary/aromatic N) is 6. The number of piperazine rings is 1. The largest absolute Gasteiger partial charge is 0.496 e. The lowest BCUT2D eigenvalue weighted by Gasteiger charge is -2.32. The van der Waals surface area contributed by atoms with Crippen LogP contribution >= 0.6 is 22.9 Å². The Morgan fingerprint density at radius 2 is 1.73 bits per heavy atom. The van der Waals surface area contributed by atoms with Gasteiger partial charge >= 0.3 is 5.97 Å². The highest BCUT2D eigenvalue weighted by Gasteiger charge is 2.29. The summed E-state index contributed by atoms with van der Waals surface area (Å²) in [6.45, 7) is 7.32. The van der Waals surface area contributed by atoms with Crippen molar-refractivity contribution >= 4 is 39.1 Å². The van der Waals surface area contributed by atoms with Gasteiger partial charge in [-0.25, -0.2) is 29.1 Å². The summed E-state index contributed by atoms with van der Waals surface area (Å²) in [5.74, 6) is 0.827. The maximum atomic E-state index is 14.2. The van der Waals surface area contributed by atoms with Gasteiger partial charge in [0.25, 0.3) is 0 Å². The topological polar surface area (TPSA) is 132 Å². The molecule has 1 aliphatic heterocycles. The molecule has 1 N–H and O–H groups in total. The van der Waals surface area contributed by atoms with Crippen LogP contribution in [0.3, 0.4) is 0 Å². The molecule has 0 bridgehead atoms. The van der Waals surface area contributed by atoms with Gasteiger partial charge in [0.15, 0.2) is 5.82 Å². The van der Waals surface area contributed by atoms with Crippen molar-refractivity contribution in [2.45, 2.75) is 38.9 Å². The lowest BCUT2D eigenvalue weighted by Crippen LogP contribution is -2.45. The fourth-order valence-electron chi connectivity index (χ4n) is 7.60. The number of aliphatic carboxylic acids is 1. The Labute approximate surface area is 368 Å². The number of benzene rings is 3. The summed E-state index contributed by atoms with van der Waals surface area (Å²) in [7, 11) is 3.73. The molecular formula is C47H46ClFN6O6S. The third-order valence-electron chi connectivity index (χ3n) is 11.0. The van der Waals surface area contributed by atoms with Crippen LogP contribution in [0.1, 0.15) is 30.5 Å². The number of likely N-dealkylation sites (N-methyl/N-ethyl adjacent to an activating group) is 1. The summed E-state index contributed by atoms with van der Waals surface area (Å²) in [6.07, 6.45) is 7.06. The summed E-state index contributed by atoms with van der Waals surface area (Å²) < 4.78 is 38.7. The van der Waals surface area contributed by atoms with Crippen molar-refractivity contribution in [1.29, 1.82) is 0 Å². The zero-order valence-corrected chi connectivity index (χ0v) is 36.2. The van der Waals surface area contributed by atoms with Crippen LogP contribution < -0.4 is 14.2 Å². The third-order valence-corrected chi connectivity index (χ3v) is 12.6. The molecule has 0 radical (unpaired) electrons. The molecular weight excluding hydrogens is 831 g/mol. The zero-order valence-electron chi connectivity index (χ0n) is 34.6. The normalized spacial score (nSPS) is 15.2. The van der Waals surface area contributed by atoms with Gasteiger partial charge in [-0.2, -0.15) is 0 Å². The molecule has 3 aromatic carbocycles. The molecule has 0 amide bonds. The minimum absolute atomic E-state index is 0.00177. The number of carbonyl (C=O) groups is 1. The first kappa shape index (κ1) is 42.7. The highest BCUT2D eigenvalue weighted by atomic mass is 35.5. The number of hydrogen-bond donors (Lipinski definition) is 1. The monoisotopic (exact) mass is 876 g/mol. The average molecular weight is 877 g/mol. The van der Waals surface area contributed by atoms with Crippen LogP contribution in [-0.2, 0) is 16.1 Å². The van der Waals surface area contributed by atoms with Gasteiger partial charge in [0.2, 0.25) is 12.0 Å². The van der Waals surface area contributed by atoms with Crippen molar-refractivity contribution in [1.82, 2.24) is 29.7 Å². The van der Waals surface area contributed by atoms with Crippen LogP contribution in [-0.4, -0.2) is 100 Å². The molecule has 15 heteroatoms. The lowest BCUT2D eigenvalue weighted by molar-refractivity contribution is -0.145. The number of carboxylic acids is 1. The first-order valence-corrected chi connectivity index (χ1v) is 21.6. The number of methoxy groups -OCH3 is 1. The van der Waals surface area contributed by atoms with Crippen molar-refractivity contribution in [3.05, 3.63) is 125 Å². The number of para-hydroxylation sites is 1. The van der Waals surface area contributed by atoms with E-state index in [0.29, 0.717) is 68.2 Å². The van der Waals surface area contributed by atoms with E-state index in [-0.39, 0.29) is 24.7 Å². The van der Waals surface area contributed by atoms with Gasteiger partial charge < -0.3 is 29.0 Å². The third kappa shape index (κ3) is 9.58. The maximum absolute atomic E-state index is 14.2. The minimum Gasteiger partial charge on any atom is -0.496 e. The summed E-state index contributed by atoms with van der Waals surface area (Å²) >= 11 is 8.44. The number of ether oxygens (including phenoxy) is 4. The number of aromatic nitrogens is 4. The second kappa shape index (κ2) is 19.4. The molecule has 1 saturated heterocycles. The Balaban J connectivity index is 1.06. The Morgan fingerprint density at radius 3 is 2.52 bits per heavy atom. The molecule has 0 unspecified atom stereocenters. The van der Waals surface area contributed by atoms with E-state index in [9.17, 15) is 14.3 Å². The molecule has 1 fully saturated rings. The number of allylic oxidation sites excluding steroid dienone is 3. The van der Waals surface area contributed by atoms with Gasteiger partial charge in [-0.1, -0.05) is 48.0 Å². The van der Waals surface area contributed by atoms with Gasteiger partial charge in [-0.3, -0.25) is 4.90 Å². The van der Waals surface area contributed by atoms with Crippen LogP contribution in [0.15, 0.2) is 103 Å². The van der Waals surface area contributed by atoms with E-state index in [1.165, 1.54) is 29.8 Å². The second-order valence-corrected chi connectivity index (χ2v) is 16.5. The van der Waals surface area contributed by atoms with Crippen molar-refractivity contribution in [2.24, 2.45) is 0 Å². The number of hydrogen-bond acceptors (Lipinski definition) is 12. The van der Waals surface area contributed by atoms with Crippen LogP contribution in [0, 0.1) is 12.7 Å². The zero-order chi connectivity index (χ0) is 43.2. The van der Waals surface area contributed by atoms with Crippen molar-refractivity contribution < 1.29 is 33.2 Å². The Kier molecular flexibility index (Phi) is 13.4. The molecule has 6 aromatic rings. The van der Waals surface area contributed by atoms with Gasteiger partial charge in [-0.15, -0.1) is 11.3 Å². The molecule has 8 rings (SSSR count). The maximum Gasteiger partial charge on any atom is 0.345 e. The lowest BCUT2D eigenvalue weighted by atomic mass is 9.95. The van der Waals surface area contributed by atoms with E-state index in [4.69, 9.17) is 35.5 Å². The number of fused-ring (bicyclic) bond motifs is 1. The van der Waals surface area contributed by atoms with Crippen LogP contribution in [0.5, 0.6) is 17.4 Å². The molecule has 1 aliphatic carbocycles. The van der Waals surface area contributed by atoms with Gasteiger partial charge in [0, 0.05) is 55.8 Å². The number of halogens is 2. The van der Waals surface area contributed by atoms with Gasteiger partial charge in [-0.05, 0) is 91.6 Å². The summed E-state index contributed by atoms with van der Waals surface area (Å²) in [6, 6.07) is 19.3. The van der Waals surface area contributed by atoms with E-state index in [0.717, 1.165) is 66.3 Å². The molecule has 4 heterocycles. The number of rotatable bonds is 16. The van der Waals surface area contributed by atoms with Crippen molar-refractivity contribution in [3.63, 3.8) is 0 Å². The van der Waals surface area contributed by atoms with Gasteiger partial charge in [0.1, 0.15) is 47.4 Å². The van der Waals surface area contributed by atoms with E-state index < -0.39 is 12.1 Å². The van der Waals surface area contributed by atoms with Crippen LogP contribution in [0.2, 0.25) is 5.02 Å². The minimum atomic E-state index is -1.34. The Hall–Kier alpha value is -5.93. The first-order chi connectivity index (χ1) is 30.2. The molecule has 62 heavy (non-hydrogen) atoms. The molecule has 0 saturated carbocycles. The molecule has 0 spiro atoms. The summed E-state index contributed by atoms with van der Waals surface area (Å²) in [5.41, 5.74) is 5.02. The Morgan fingerprint density at radius 1 is 0.935 bits per heavy atom. The summed E-state index contributed by atoms with van der Waals surface area (Å²) in [4.78, 5) is 37.3. The van der Waals surface area contributed by atoms with Crippen molar-refractivity contribution in [3.8, 4) is 50.3 Å². The smallest absolute Gasteiger partial charge is 0.345 e. The van der Waals surface area contributed by atoms with E-state index in [1.807, 2.05) is 55.5 Å². The quantitative estimate of drug-likeness (QED) is 0.0994. The highest BCUT2D eigenvalue weighted by molar-refractivity contribution is 7.22. The fraction of sp³-hybridized carbons (Fsp3) is 0.298. The number of carboxylic acid groups (broad SMARTS) is 1. The predicted molar refractivity (Wildman–Crippen MR) is 238 cm³/mol. The first-order valence-electron chi connectivity index (χ1n) is 20.4. The van der Waals surface area contributed by atoms with Gasteiger partial charge in [0.05, 0.1) is 28.8 Å². The molecule has 12 nitrogen and oxygen atoms in total. The van der Waals surface area contributed by atoms with E-state index >= 15 is 0 Å². The van der Waals surface area contributed by atoms with E-state index in [1.54, 1.807) is 31.5 Å². The molecule has 3 aromatic heterocycles. The number of thiophene rings is 1. The van der Waals surface area contributed by atoms with Crippen molar-refractivity contribution in [2.75, 3.05) is 53.5 Å². The molecule has 2 aliphatic rings. The standard InChI is InChI=1S/C47H46ClFN6O6S/c1-29-34(16-17-38(42(29)48)59-25-24-55-22-20-54(2)21-23-55)40-41-45(51-28-52-46(41)62-43(40)30-12-14-32(49)15-13-30)61-39(47(56)57)26-31-8-4-6-10-36(31)60-27-33-18-19-50-44(53-33)35-9-5-7-11-37(35)58-3/h5,7-19,28,39H,4,6,20-27H2,1-3H3,(H,56,57)/t39-/m1/s1. The van der Waals surface area contributed by atoms with E-state index in [2.05, 4.69) is 31.8 Å². The average Bonchev–Trinajstić information content (AvgIpc) is 3.68. The summed E-state index contributed by atoms with van der Waals surface area (Å²) in [5, 5.41) is 11.6. The fourth-order valence-corrected chi connectivity index (χ4v) is 8.97. The van der Waals surface area contributed by atoms with Crippen LogP contribution in [0.4, 0.5) is 4.39 Å². The Bertz CT molecular complexity index is 2630. The van der Waals surface area contributed by atoms with Crippen LogP contribution in [0.25, 0.3) is 43.2 Å². The molecule has 320 valence electrons. The highest BCUT2D eigenvalue weighted by Crippen LogP contribution is 2.49. The predicted octanol–water partition coefficient (Wildman–Crippen LogP) is 9.26. The second-order valence-electron chi connectivity index (χ2n) is 15.1.